The number of nitrogens with one attached hydrogen (secondary N) is 1. The van der Waals surface area contributed by atoms with Gasteiger partial charge in [-0.3, -0.25) is 9.78 Å². The second kappa shape index (κ2) is 5.82. The number of carbonyl (C=O) groups is 1. The highest BCUT2D eigenvalue weighted by Gasteiger charge is 2.35. The smallest absolute Gasteiger partial charge is 0.261 e. The second-order valence-corrected chi connectivity index (χ2v) is 7.20. The zero-order valence-corrected chi connectivity index (χ0v) is 13.2. The summed E-state index contributed by atoms with van der Waals surface area (Å²) in [5.74, 6) is 0.734. The van der Waals surface area contributed by atoms with Gasteiger partial charge in [-0.1, -0.05) is 0 Å². The van der Waals surface area contributed by atoms with E-state index in [1.54, 1.807) is 23.7 Å². The van der Waals surface area contributed by atoms with Gasteiger partial charge in [0.2, 0.25) is 0 Å². The first kappa shape index (κ1) is 13.9. The van der Waals surface area contributed by atoms with Gasteiger partial charge in [0.15, 0.2) is 0 Å². The Balaban J connectivity index is 1.46. The molecule has 3 saturated heterocycles. The van der Waals surface area contributed by atoms with E-state index in [-0.39, 0.29) is 5.91 Å². The van der Waals surface area contributed by atoms with E-state index < -0.39 is 0 Å². The Hall–Kier alpha value is -1.72. The van der Waals surface area contributed by atoms with Gasteiger partial charge in [0.25, 0.3) is 5.91 Å². The molecule has 0 unspecified atom stereocenters. The van der Waals surface area contributed by atoms with Crippen LogP contribution in [0.4, 0.5) is 0 Å². The standard InChI is InChI=1S/C17H19N3OS/c21-17(19-14-11-20-9-5-12(14)6-10-20)16-2-1-15(22-16)13-3-7-18-8-4-13/h1-4,7-8,12,14H,5-6,9-11H2,(H,19,21)/t14-/m0/s1. The predicted octanol–water partition coefficient (Wildman–Crippen LogP) is 2.63. The molecular formula is C17H19N3OS. The van der Waals surface area contributed by atoms with E-state index >= 15 is 0 Å². The zero-order valence-electron chi connectivity index (χ0n) is 12.4. The van der Waals surface area contributed by atoms with Crippen molar-refractivity contribution in [1.29, 1.82) is 0 Å². The van der Waals surface area contributed by atoms with Crippen LogP contribution in [0.5, 0.6) is 0 Å². The Labute approximate surface area is 134 Å². The number of aromatic nitrogens is 1. The topological polar surface area (TPSA) is 45.2 Å². The molecule has 2 aromatic heterocycles. The van der Waals surface area contributed by atoms with E-state index in [1.165, 1.54) is 25.9 Å². The lowest BCUT2D eigenvalue weighted by atomic mass is 9.84. The highest BCUT2D eigenvalue weighted by molar-refractivity contribution is 7.17. The molecule has 0 radical (unpaired) electrons. The van der Waals surface area contributed by atoms with Gasteiger partial charge >= 0.3 is 0 Å². The second-order valence-electron chi connectivity index (χ2n) is 6.12. The van der Waals surface area contributed by atoms with Crippen LogP contribution in [-0.2, 0) is 0 Å². The molecular weight excluding hydrogens is 294 g/mol. The summed E-state index contributed by atoms with van der Waals surface area (Å²) in [4.78, 5) is 20.9. The van der Waals surface area contributed by atoms with E-state index in [4.69, 9.17) is 0 Å². The van der Waals surface area contributed by atoms with Gasteiger partial charge in [0.05, 0.1) is 4.88 Å². The molecule has 0 aromatic carbocycles. The monoisotopic (exact) mass is 313 g/mol. The van der Waals surface area contributed by atoms with Gasteiger partial charge in [-0.15, -0.1) is 11.3 Å². The fraction of sp³-hybridized carbons (Fsp3) is 0.412. The number of amides is 1. The number of carbonyl (C=O) groups excluding carboxylic acids is 1. The molecule has 1 amide bonds. The molecule has 0 aliphatic carbocycles. The Morgan fingerprint density at radius 1 is 1.18 bits per heavy atom. The van der Waals surface area contributed by atoms with E-state index in [9.17, 15) is 4.79 Å². The van der Waals surface area contributed by atoms with E-state index in [0.717, 1.165) is 21.9 Å². The zero-order chi connectivity index (χ0) is 14.9. The van der Waals surface area contributed by atoms with Gasteiger partial charge in [-0.25, -0.2) is 0 Å². The largest absolute Gasteiger partial charge is 0.347 e. The molecule has 0 saturated carbocycles. The van der Waals surface area contributed by atoms with Crippen molar-refractivity contribution in [1.82, 2.24) is 15.2 Å². The lowest BCUT2D eigenvalue weighted by Gasteiger charge is -2.44. The highest BCUT2D eigenvalue weighted by atomic mass is 32.1. The fourth-order valence-corrected chi connectivity index (χ4v) is 4.41. The molecule has 22 heavy (non-hydrogen) atoms. The minimum atomic E-state index is 0.0732. The number of piperidine rings is 3. The first-order valence-corrected chi connectivity index (χ1v) is 8.65. The van der Waals surface area contributed by atoms with Crippen LogP contribution < -0.4 is 5.32 Å². The van der Waals surface area contributed by atoms with Crippen LogP contribution in [0.2, 0.25) is 0 Å². The molecule has 5 rings (SSSR count). The number of rotatable bonds is 3. The van der Waals surface area contributed by atoms with Crippen LogP contribution in [-0.4, -0.2) is 41.5 Å². The van der Waals surface area contributed by atoms with Gasteiger partial charge < -0.3 is 10.2 Å². The fourth-order valence-electron chi connectivity index (χ4n) is 3.50. The molecule has 2 bridgehead atoms. The molecule has 0 spiro atoms. The molecule has 5 heteroatoms. The number of hydrogen-bond donors (Lipinski definition) is 1. The summed E-state index contributed by atoms with van der Waals surface area (Å²) >= 11 is 1.55. The molecule has 3 aliphatic rings. The Bertz CT molecular complexity index is 662. The van der Waals surface area contributed by atoms with Crippen molar-refractivity contribution in [3.05, 3.63) is 41.5 Å². The number of fused-ring (bicyclic) bond motifs is 3. The quantitative estimate of drug-likeness (QED) is 0.947. The van der Waals surface area contributed by atoms with Crippen molar-refractivity contribution in [2.75, 3.05) is 19.6 Å². The SMILES string of the molecule is O=C(N[C@H]1CN2CCC1CC2)c1ccc(-c2ccncc2)s1. The third-order valence-corrected chi connectivity index (χ3v) is 5.90. The van der Waals surface area contributed by atoms with Gasteiger partial charge in [0.1, 0.15) is 0 Å². The van der Waals surface area contributed by atoms with E-state index in [1.807, 2.05) is 24.3 Å². The van der Waals surface area contributed by atoms with Crippen LogP contribution in [0.25, 0.3) is 10.4 Å². The normalized spacial score (nSPS) is 26.8. The first-order valence-electron chi connectivity index (χ1n) is 7.83. The van der Waals surface area contributed by atoms with Crippen molar-refractivity contribution >= 4 is 17.2 Å². The average molecular weight is 313 g/mol. The maximum atomic E-state index is 12.5. The maximum Gasteiger partial charge on any atom is 0.261 e. The Morgan fingerprint density at radius 3 is 2.64 bits per heavy atom. The molecule has 2 aromatic rings. The summed E-state index contributed by atoms with van der Waals surface area (Å²) in [6.45, 7) is 3.41. The lowest BCUT2D eigenvalue weighted by Crippen LogP contribution is -2.57. The molecule has 5 heterocycles. The minimum Gasteiger partial charge on any atom is -0.347 e. The maximum absolute atomic E-state index is 12.5. The number of thiophene rings is 1. The molecule has 1 N–H and O–H groups in total. The van der Waals surface area contributed by atoms with Crippen molar-refractivity contribution < 1.29 is 4.79 Å². The van der Waals surface area contributed by atoms with Crippen LogP contribution in [0.3, 0.4) is 0 Å². The van der Waals surface area contributed by atoms with Crippen molar-refractivity contribution in [3.8, 4) is 10.4 Å². The summed E-state index contributed by atoms with van der Waals surface area (Å²) in [5.41, 5.74) is 1.11. The molecule has 3 fully saturated rings. The summed E-state index contributed by atoms with van der Waals surface area (Å²) in [6, 6.07) is 8.21. The summed E-state index contributed by atoms with van der Waals surface area (Å²) < 4.78 is 0. The third-order valence-electron chi connectivity index (χ3n) is 4.77. The van der Waals surface area contributed by atoms with Gasteiger partial charge in [0, 0.05) is 29.9 Å². The summed E-state index contributed by atoms with van der Waals surface area (Å²) in [5, 5.41) is 3.25. The van der Waals surface area contributed by atoms with Crippen molar-refractivity contribution in [2.24, 2.45) is 5.92 Å². The number of pyridine rings is 1. The van der Waals surface area contributed by atoms with Crippen LogP contribution in [0.1, 0.15) is 22.5 Å². The van der Waals surface area contributed by atoms with E-state index in [2.05, 4.69) is 15.2 Å². The van der Waals surface area contributed by atoms with Crippen molar-refractivity contribution in [3.63, 3.8) is 0 Å². The van der Waals surface area contributed by atoms with Gasteiger partial charge in [-0.2, -0.15) is 0 Å². The van der Waals surface area contributed by atoms with Crippen molar-refractivity contribution in [2.45, 2.75) is 18.9 Å². The number of hydrogen-bond acceptors (Lipinski definition) is 4. The molecule has 1 atom stereocenters. The molecule has 114 valence electrons. The van der Waals surface area contributed by atoms with Crippen LogP contribution >= 0.6 is 11.3 Å². The Kier molecular flexibility index (Phi) is 3.68. The van der Waals surface area contributed by atoms with Crippen LogP contribution in [0, 0.1) is 5.92 Å². The summed E-state index contributed by atoms with van der Waals surface area (Å²) in [6.07, 6.45) is 6.00. The van der Waals surface area contributed by atoms with Gasteiger partial charge in [-0.05, 0) is 61.7 Å². The lowest BCUT2D eigenvalue weighted by molar-refractivity contribution is 0.0622. The first-order chi connectivity index (χ1) is 10.8. The molecule has 3 aliphatic heterocycles. The summed E-state index contributed by atoms with van der Waals surface area (Å²) in [7, 11) is 0. The number of nitrogens with zero attached hydrogens (tertiary/aromatic N) is 2. The Morgan fingerprint density at radius 2 is 1.95 bits per heavy atom. The predicted molar refractivity (Wildman–Crippen MR) is 88.0 cm³/mol. The minimum absolute atomic E-state index is 0.0732. The average Bonchev–Trinajstić information content (AvgIpc) is 3.07. The molecule has 4 nitrogen and oxygen atoms in total. The van der Waals surface area contributed by atoms with E-state index in [0.29, 0.717) is 12.0 Å². The third kappa shape index (κ3) is 2.66. The van der Waals surface area contributed by atoms with Crippen LogP contribution in [0.15, 0.2) is 36.7 Å². The highest BCUT2D eigenvalue weighted by Crippen LogP contribution is 2.30.